The van der Waals surface area contributed by atoms with E-state index in [-0.39, 0.29) is 23.7 Å². The van der Waals surface area contributed by atoms with Gasteiger partial charge in [-0.15, -0.1) is 0 Å². The van der Waals surface area contributed by atoms with Crippen LogP contribution >= 0.6 is 0 Å². The Balaban J connectivity index is 1.19. The molecule has 2 atom stereocenters. The number of ether oxygens (including phenoxy) is 3. The lowest BCUT2D eigenvalue weighted by atomic mass is 9.83. The molecule has 1 aromatic rings. The molecule has 1 amide bonds. The fraction of sp³-hybridized carbons (Fsp3) is 0.600. The van der Waals surface area contributed by atoms with E-state index in [1.807, 2.05) is 11.8 Å². The second kappa shape index (κ2) is 12.2. The van der Waals surface area contributed by atoms with Crippen molar-refractivity contribution in [1.82, 2.24) is 15.1 Å². The Morgan fingerprint density at radius 1 is 1.18 bits per heavy atom. The lowest BCUT2D eigenvalue weighted by molar-refractivity contribution is -0.128. The molecule has 0 radical (unpaired) electrons. The number of carbonyl (C=O) groups is 1. The first-order valence-corrected chi connectivity index (χ1v) is 14.2. The molecule has 4 heterocycles. The molecule has 2 unspecified atom stereocenters. The molecule has 4 aliphatic rings. The molecule has 212 valence electrons. The smallest absolute Gasteiger partial charge is 0.272 e. The number of amides is 1. The average molecular weight is 538 g/mol. The fourth-order valence-electron chi connectivity index (χ4n) is 6.53. The number of aliphatic imine (C=N–C) groups is 1. The van der Waals surface area contributed by atoms with E-state index in [0.29, 0.717) is 38.0 Å². The molecule has 0 saturated carbocycles. The highest BCUT2D eigenvalue weighted by Crippen LogP contribution is 2.44. The predicted octanol–water partition coefficient (Wildman–Crippen LogP) is 2.67. The van der Waals surface area contributed by atoms with Crippen molar-refractivity contribution < 1.29 is 19.0 Å². The highest BCUT2D eigenvalue weighted by Gasteiger charge is 2.43. The molecule has 0 aromatic heterocycles. The van der Waals surface area contributed by atoms with Gasteiger partial charge in [-0.05, 0) is 50.2 Å². The second-order valence-corrected chi connectivity index (χ2v) is 11.1. The standard InChI is InChI=1S/C30H43N5O4/c1-21(22(2)34-15-11-30(12-16-34)25-7-5-4-6-23(25)18-39-30)28(32-20-31)29(36)35-13-8-24(9-14-35)33-26-10-17-38-19-27(26)37-3/h4-7,20,24,26-27,33H,2,8-19H2,1,3H3,(H2,31,32)/b28-21-. The molecule has 39 heavy (non-hydrogen) atoms. The number of nitrogens with zero attached hydrogens (tertiary/aromatic N) is 3. The molecule has 0 aliphatic carbocycles. The van der Waals surface area contributed by atoms with Crippen LogP contribution in [0.5, 0.6) is 0 Å². The van der Waals surface area contributed by atoms with Gasteiger partial charge in [0, 0.05) is 63.2 Å². The number of nitrogens with two attached hydrogens (primary N) is 1. The Bertz CT molecular complexity index is 1100. The van der Waals surface area contributed by atoms with E-state index in [1.165, 1.54) is 17.5 Å². The van der Waals surface area contributed by atoms with Crippen molar-refractivity contribution in [2.24, 2.45) is 10.7 Å². The van der Waals surface area contributed by atoms with Crippen LogP contribution in [-0.2, 0) is 31.2 Å². The van der Waals surface area contributed by atoms with Crippen molar-refractivity contribution in [1.29, 1.82) is 0 Å². The zero-order chi connectivity index (χ0) is 27.4. The average Bonchev–Trinajstić information content (AvgIpc) is 3.33. The van der Waals surface area contributed by atoms with Crippen molar-refractivity contribution in [3.63, 3.8) is 0 Å². The summed E-state index contributed by atoms with van der Waals surface area (Å²) in [4.78, 5) is 22.1. The number of nitrogens with one attached hydrogen (secondary N) is 1. The second-order valence-electron chi connectivity index (χ2n) is 11.1. The number of likely N-dealkylation sites (tertiary alicyclic amines) is 2. The van der Waals surface area contributed by atoms with Crippen LogP contribution in [0.25, 0.3) is 0 Å². The summed E-state index contributed by atoms with van der Waals surface area (Å²) in [5.41, 5.74) is 10.1. The molecular formula is C30H43N5O4. The molecule has 1 spiro atoms. The summed E-state index contributed by atoms with van der Waals surface area (Å²) in [5.74, 6) is -0.0869. The molecule has 1 aromatic carbocycles. The first-order chi connectivity index (χ1) is 19.0. The van der Waals surface area contributed by atoms with Crippen molar-refractivity contribution >= 4 is 12.2 Å². The van der Waals surface area contributed by atoms with Crippen LogP contribution in [0, 0.1) is 0 Å². The van der Waals surface area contributed by atoms with E-state index in [2.05, 4.69) is 46.1 Å². The minimum Gasteiger partial charge on any atom is -0.390 e. The van der Waals surface area contributed by atoms with Gasteiger partial charge in [-0.2, -0.15) is 0 Å². The molecule has 5 rings (SSSR count). The van der Waals surface area contributed by atoms with E-state index < -0.39 is 0 Å². The number of methoxy groups -OCH3 is 1. The molecule has 3 saturated heterocycles. The van der Waals surface area contributed by atoms with E-state index >= 15 is 0 Å². The van der Waals surface area contributed by atoms with Gasteiger partial charge in [-0.25, -0.2) is 4.99 Å². The number of benzene rings is 1. The number of hydrogen-bond acceptors (Lipinski definition) is 7. The van der Waals surface area contributed by atoms with E-state index in [4.69, 9.17) is 19.9 Å². The first-order valence-electron chi connectivity index (χ1n) is 14.2. The summed E-state index contributed by atoms with van der Waals surface area (Å²) in [6.07, 6.45) is 5.76. The van der Waals surface area contributed by atoms with Gasteiger partial charge >= 0.3 is 0 Å². The molecule has 0 bridgehead atoms. The van der Waals surface area contributed by atoms with Gasteiger partial charge in [-0.3, -0.25) is 4.79 Å². The summed E-state index contributed by atoms with van der Waals surface area (Å²) in [7, 11) is 1.74. The van der Waals surface area contributed by atoms with E-state index in [0.717, 1.165) is 63.1 Å². The molecule has 4 aliphatic heterocycles. The Kier molecular flexibility index (Phi) is 8.71. The summed E-state index contributed by atoms with van der Waals surface area (Å²) in [5, 5.41) is 3.75. The summed E-state index contributed by atoms with van der Waals surface area (Å²) < 4.78 is 17.5. The topological polar surface area (TPSA) is 102 Å². The van der Waals surface area contributed by atoms with Gasteiger partial charge < -0.3 is 35.1 Å². The maximum absolute atomic E-state index is 13.6. The third-order valence-corrected chi connectivity index (χ3v) is 9.00. The number of hydrogen-bond donors (Lipinski definition) is 2. The quantitative estimate of drug-likeness (QED) is 0.239. The zero-order valence-corrected chi connectivity index (χ0v) is 23.4. The fourth-order valence-corrected chi connectivity index (χ4v) is 6.53. The van der Waals surface area contributed by atoms with Gasteiger partial charge in [0.05, 0.1) is 31.3 Å². The summed E-state index contributed by atoms with van der Waals surface area (Å²) in [6.45, 7) is 11.3. The van der Waals surface area contributed by atoms with Crippen molar-refractivity contribution in [2.45, 2.75) is 69.4 Å². The maximum Gasteiger partial charge on any atom is 0.272 e. The Hall–Kier alpha value is -2.72. The minimum atomic E-state index is -0.217. The molecule has 9 heteroatoms. The maximum atomic E-state index is 13.6. The largest absolute Gasteiger partial charge is 0.390 e. The third-order valence-electron chi connectivity index (χ3n) is 9.00. The highest BCUT2D eigenvalue weighted by atomic mass is 16.5. The first kappa shape index (κ1) is 27.8. The number of rotatable bonds is 7. The Morgan fingerprint density at radius 3 is 2.64 bits per heavy atom. The summed E-state index contributed by atoms with van der Waals surface area (Å²) >= 11 is 0. The Morgan fingerprint density at radius 2 is 1.92 bits per heavy atom. The van der Waals surface area contributed by atoms with Gasteiger partial charge in [0.2, 0.25) is 0 Å². The van der Waals surface area contributed by atoms with Crippen molar-refractivity contribution in [2.75, 3.05) is 46.5 Å². The van der Waals surface area contributed by atoms with Crippen molar-refractivity contribution in [3.8, 4) is 0 Å². The normalized spacial score (nSPS) is 26.1. The highest BCUT2D eigenvalue weighted by molar-refractivity contribution is 5.95. The lowest BCUT2D eigenvalue weighted by Crippen LogP contribution is -2.54. The molecule has 3 fully saturated rings. The van der Waals surface area contributed by atoms with Gasteiger partial charge in [0.1, 0.15) is 5.70 Å². The molecular weight excluding hydrogens is 494 g/mol. The van der Waals surface area contributed by atoms with Gasteiger partial charge in [0.15, 0.2) is 0 Å². The SMILES string of the molecule is C=C(/C(C)=C(\N=C/N)C(=O)N1CCC(NC2CCOCC2OC)CC1)N1CCC2(CC1)OCc1ccccc12. The van der Waals surface area contributed by atoms with E-state index in [1.54, 1.807) is 7.11 Å². The van der Waals surface area contributed by atoms with Crippen LogP contribution in [0.1, 0.15) is 50.2 Å². The van der Waals surface area contributed by atoms with Crippen LogP contribution < -0.4 is 11.1 Å². The van der Waals surface area contributed by atoms with Crippen LogP contribution in [0.4, 0.5) is 0 Å². The third kappa shape index (κ3) is 5.77. The van der Waals surface area contributed by atoms with Crippen LogP contribution in [0.3, 0.4) is 0 Å². The lowest BCUT2D eigenvalue weighted by Gasteiger charge is -2.41. The monoisotopic (exact) mass is 537 g/mol. The zero-order valence-electron chi connectivity index (χ0n) is 23.4. The Labute approximate surface area is 232 Å². The van der Waals surface area contributed by atoms with Gasteiger partial charge in [0.25, 0.3) is 5.91 Å². The number of allylic oxidation sites excluding steroid dienone is 1. The number of carbonyl (C=O) groups excluding carboxylic acids is 1. The molecule has 3 N–H and O–H groups in total. The molecule has 9 nitrogen and oxygen atoms in total. The minimum absolute atomic E-state index is 0.0696. The summed E-state index contributed by atoms with van der Waals surface area (Å²) in [6, 6.07) is 9.15. The number of fused-ring (bicyclic) bond motifs is 2. The number of piperidine rings is 2. The van der Waals surface area contributed by atoms with Crippen LogP contribution in [0.15, 0.2) is 52.8 Å². The van der Waals surface area contributed by atoms with E-state index in [9.17, 15) is 4.79 Å². The predicted molar refractivity (Wildman–Crippen MR) is 151 cm³/mol. The van der Waals surface area contributed by atoms with Crippen LogP contribution in [0.2, 0.25) is 0 Å². The van der Waals surface area contributed by atoms with Crippen LogP contribution in [-0.4, -0.2) is 86.7 Å². The van der Waals surface area contributed by atoms with Gasteiger partial charge in [-0.1, -0.05) is 30.8 Å². The van der Waals surface area contributed by atoms with Crippen molar-refractivity contribution in [3.05, 3.63) is 58.9 Å².